The summed E-state index contributed by atoms with van der Waals surface area (Å²) in [6.45, 7) is 8.99. The zero-order valence-electron chi connectivity index (χ0n) is 19.8. The molecule has 1 radical (unpaired) electrons. The first-order valence-corrected chi connectivity index (χ1v) is 11.4. The fourth-order valence-corrected chi connectivity index (χ4v) is 3.76. The van der Waals surface area contributed by atoms with Crippen molar-refractivity contribution in [1.29, 1.82) is 0 Å². The number of carbonyl (C=O) groups excluding carboxylic acids is 1. The molecule has 0 aliphatic rings. The minimum absolute atomic E-state index is 0.169. The molecule has 0 aliphatic carbocycles. The third-order valence-corrected chi connectivity index (χ3v) is 5.58. The van der Waals surface area contributed by atoms with Crippen molar-refractivity contribution in [2.45, 2.75) is 27.3 Å². The van der Waals surface area contributed by atoms with Crippen molar-refractivity contribution in [1.82, 2.24) is 24.4 Å². The smallest absolute Gasteiger partial charge is 0.255 e. The SMILES string of the molecule is CCN(CC)Cc1cc(NC(=O)c2cccc([B]c3ncccn3)c2)cc(-n2cnc(C)c2)c1. The summed E-state index contributed by atoms with van der Waals surface area (Å²) in [4.78, 5) is 28.3. The van der Waals surface area contributed by atoms with E-state index >= 15 is 0 Å². The molecule has 0 unspecified atom stereocenters. The van der Waals surface area contributed by atoms with Gasteiger partial charge in [0, 0.05) is 42.1 Å². The highest BCUT2D eigenvalue weighted by Gasteiger charge is 2.12. The predicted molar refractivity (Wildman–Crippen MR) is 136 cm³/mol. The summed E-state index contributed by atoms with van der Waals surface area (Å²) in [6, 6.07) is 15.4. The van der Waals surface area contributed by atoms with Gasteiger partial charge in [-0.05, 0) is 55.9 Å². The van der Waals surface area contributed by atoms with Gasteiger partial charge in [0.25, 0.3) is 5.91 Å². The molecule has 4 rings (SSSR count). The Kier molecular flexibility index (Phi) is 7.49. The van der Waals surface area contributed by atoms with Crippen molar-refractivity contribution in [2.24, 2.45) is 0 Å². The minimum atomic E-state index is -0.169. The molecule has 2 aromatic carbocycles. The monoisotopic (exact) mass is 451 g/mol. The van der Waals surface area contributed by atoms with Crippen molar-refractivity contribution in [3.8, 4) is 5.69 Å². The van der Waals surface area contributed by atoms with Gasteiger partial charge in [0.2, 0.25) is 7.28 Å². The molecule has 2 aromatic heterocycles. The molecule has 171 valence electrons. The Balaban J connectivity index is 1.58. The van der Waals surface area contributed by atoms with Crippen molar-refractivity contribution < 1.29 is 4.79 Å². The summed E-state index contributed by atoms with van der Waals surface area (Å²) in [7, 11) is 1.85. The van der Waals surface area contributed by atoms with Gasteiger partial charge in [-0.2, -0.15) is 0 Å². The lowest BCUT2D eigenvalue weighted by atomic mass is 9.69. The third kappa shape index (κ3) is 5.96. The average Bonchev–Trinajstić information content (AvgIpc) is 3.29. The Hall–Kier alpha value is -3.78. The standard InChI is InChI=1S/C26H28BN6O/c1-4-32(5-2)17-20-12-23(15-24(13-20)33-16-19(3)30-18-33)31-25(34)21-8-6-9-22(14-21)27-26-28-10-7-11-29-26/h6-16,18H,4-5,17H2,1-3H3,(H,31,34). The summed E-state index contributed by atoms with van der Waals surface area (Å²) in [5, 5.41) is 3.08. The van der Waals surface area contributed by atoms with E-state index in [1.54, 1.807) is 30.9 Å². The van der Waals surface area contributed by atoms with Crippen LogP contribution < -0.4 is 16.5 Å². The molecule has 0 atom stereocenters. The lowest BCUT2D eigenvalue weighted by molar-refractivity contribution is 0.102. The summed E-state index contributed by atoms with van der Waals surface area (Å²) in [5.74, 6) is -0.169. The number of anilines is 1. The molecule has 8 heteroatoms. The molecule has 0 spiro atoms. The molecular weight excluding hydrogens is 423 g/mol. The van der Waals surface area contributed by atoms with Crippen LogP contribution in [0.5, 0.6) is 0 Å². The first-order chi connectivity index (χ1) is 16.5. The molecule has 1 N–H and O–H groups in total. The van der Waals surface area contributed by atoms with Crippen LogP contribution in [-0.4, -0.2) is 50.7 Å². The van der Waals surface area contributed by atoms with Crippen LogP contribution in [0.15, 0.2) is 73.4 Å². The number of rotatable bonds is 9. The molecule has 34 heavy (non-hydrogen) atoms. The number of hydrogen-bond donors (Lipinski definition) is 1. The summed E-state index contributed by atoms with van der Waals surface area (Å²) >= 11 is 0. The lowest BCUT2D eigenvalue weighted by Crippen LogP contribution is -2.32. The maximum absolute atomic E-state index is 13.1. The van der Waals surface area contributed by atoms with E-state index in [0.29, 0.717) is 11.3 Å². The van der Waals surface area contributed by atoms with Crippen molar-refractivity contribution in [3.63, 3.8) is 0 Å². The summed E-state index contributed by atoms with van der Waals surface area (Å²) < 4.78 is 1.98. The molecule has 0 saturated carbocycles. The Morgan fingerprint density at radius 2 is 1.82 bits per heavy atom. The molecule has 1 amide bonds. The number of amides is 1. The molecule has 7 nitrogen and oxygen atoms in total. The van der Waals surface area contributed by atoms with Crippen LogP contribution in [0.2, 0.25) is 0 Å². The molecule has 0 bridgehead atoms. The van der Waals surface area contributed by atoms with Crippen molar-refractivity contribution in [3.05, 3.63) is 90.3 Å². The second kappa shape index (κ2) is 10.9. The van der Waals surface area contributed by atoms with Gasteiger partial charge in [-0.25, -0.2) is 4.98 Å². The van der Waals surface area contributed by atoms with Crippen LogP contribution in [0.25, 0.3) is 5.69 Å². The first-order valence-electron chi connectivity index (χ1n) is 11.4. The minimum Gasteiger partial charge on any atom is -0.322 e. The molecular formula is C26H28BN6O. The van der Waals surface area contributed by atoms with Crippen LogP contribution in [0, 0.1) is 6.92 Å². The van der Waals surface area contributed by atoms with E-state index in [9.17, 15) is 4.79 Å². The van der Waals surface area contributed by atoms with Crippen LogP contribution in [0.1, 0.15) is 35.5 Å². The van der Waals surface area contributed by atoms with Gasteiger partial charge in [-0.3, -0.25) is 19.7 Å². The topological polar surface area (TPSA) is 75.9 Å². The molecule has 0 aliphatic heterocycles. The van der Waals surface area contributed by atoms with E-state index in [0.717, 1.165) is 47.7 Å². The quantitative estimate of drug-likeness (QED) is 0.396. The number of nitrogens with one attached hydrogen (secondary N) is 1. The van der Waals surface area contributed by atoms with Crippen LogP contribution >= 0.6 is 0 Å². The zero-order chi connectivity index (χ0) is 23.9. The molecule has 0 fully saturated rings. The van der Waals surface area contributed by atoms with Gasteiger partial charge in [0.15, 0.2) is 0 Å². The van der Waals surface area contributed by atoms with E-state index in [-0.39, 0.29) is 5.91 Å². The second-order valence-corrected chi connectivity index (χ2v) is 8.10. The molecule has 0 saturated heterocycles. The zero-order valence-corrected chi connectivity index (χ0v) is 19.8. The Labute approximate surface area is 201 Å². The van der Waals surface area contributed by atoms with Crippen molar-refractivity contribution in [2.75, 3.05) is 18.4 Å². The van der Waals surface area contributed by atoms with Crippen LogP contribution in [-0.2, 0) is 6.54 Å². The third-order valence-electron chi connectivity index (χ3n) is 5.58. The largest absolute Gasteiger partial charge is 0.322 e. The van der Waals surface area contributed by atoms with E-state index in [4.69, 9.17) is 0 Å². The number of carbonyl (C=O) groups is 1. The number of benzene rings is 2. The number of nitrogens with zero attached hydrogens (tertiary/aromatic N) is 5. The highest BCUT2D eigenvalue weighted by molar-refractivity contribution is 6.65. The maximum atomic E-state index is 13.1. The number of hydrogen-bond acceptors (Lipinski definition) is 5. The molecule has 2 heterocycles. The van der Waals surface area contributed by atoms with Gasteiger partial charge in [-0.1, -0.05) is 37.5 Å². The normalized spacial score (nSPS) is 10.9. The Morgan fingerprint density at radius 1 is 1.03 bits per heavy atom. The number of imidazole rings is 1. The Morgan fingerprint density at radius 3 is 2.53 bits per heavy atom. The highest BCUT2D eigenvalue weighted by Crippen LogP contribution is 2.21. The predicted octanol–water partition coefficient (Wildman–Crippen LogP) is 2.72. The fourth-order valence-electron chi connectivity index (χ4n) is 3.76. The van der Waals surface area contributed by atoms with Gasteiger partial charge in [0.05, 0.1) is 17.7 Å². The first kappa shape index (κ1) is 23.4. The molecule has 4 aromatic rings. The van der Waals surface area contributed by atoms with Gasteiger partial charge < -0.3 is 9.88 Å². The fraction of sp³-hybridized carbons (Fsp3) is 0.231. The van der Waals surface area contributed by atoms with Gasteiger partial charge >= 0.3 is 0 Å². The summed E-state index contributed by atoms with van der Waals surface area (Å²) in [5.41, 5.74) is 5.81. The maximum Gasteiger partial charge on any atom is 0.255 e. The van der Waals surface area contributed by atoms with Crippen LogP contribution in [0.4, 0.5) is 5.69 Å². The summed E-state index contributed by atoms with van der Waals surface area (Å²) in [6.07, 6.45) is 7.16. The number of aromatic nitrogens is 4. The number of aryl methyl sites for hydroxylation is 1. The van der Waals surface area contributed by atoms with Crippen LogP contribution in [0.3, 0.4) is 0 Å². The van der Waals surface area contributed by atoms with E-state index in [2.05, 4.69) is 45.1 Å². The van der Waals surface area contributed by atoms with E-state index in [1.807, 2.05) is 55.3 Å². The average molecular weight is 451 g/mol. The van der Waals surface area contributed by atoms with E-state index < -0.39 is 0 Å². The Bertz CT molecular complexity index is 1250. The highest BCUT2D eigenvalue weighted by atomic mass is 16.1. The lowest BCUT2D eigenvalue weighted by Gasteiger charge is -2.19. The van der Waals surface area contributed by atoms with Gasteiger partial charge in [-0.15, -0.1) is 0 Å². The van der Waals surface area contributed by atoms with Gasteiger partial charge in [0.1, 0.15) is 0 Å². The second-order valence-electron chi connectivity index (χ2n) is 8.10. The van der Waals surface area contributed by atoms with Crippen molar-refractivity contribution >= 4 is 30.1 Å². The van der Waals surface area contributed by atoms with E-state index in [1.165, 1.54) is 0 Å².